The molecule has 1 aromatic carbocycles. The van der Waals surface area contributed by atoms with E-state index >= 15 is 0 Å². The summed E-state index contributed by atoms with van der Waals surface area (Å²) < 4.78 is 0. The lowest BCUT2D eigenvalue weighted by atomic mass is 10.1. The van der Waals surface area contributed by atoms with Crippen LogP contribution in [0.2, 0.25) is 0 Å². The van der Waals surface area contributed by atoms with Crippen molar-refractivity contribution in [1.82, 2.24) is 5.32 Å². The third-order valence-corrected chi connectivity index (χ3v) is 3.79. The fraction of sp³-hybridized carbons (Fsp3) is 0.600. The molecule has 0 amide bonds. The molecule has 0 radical (unpaired) electrons. The van der Waals surface area contributed by atoms with Gasteiger partial charge in [-0.15, -0.1) is 0 Å². The molecule has 2 heteroatoms. The summed E-state index contributed by atoms with van der Waals surface area (Å²) in [5.41, 5.74) is 2.99. The second-order valence-corrected chi connectivity index (χ2v) is 5.05. The third-order valence-electron chi connectivity index (χ3n) is 3.79. The standard InChI is InChI=1S/C15H24N2/c1-13(16-2)7-5-6-11-17-12-10-14-8-3-4-9-15(14)17/h3-4,8-9,13,16H,5-7,10-12H2,1-2H3. The van der Waals surface area contributed by atoms with E-state index in [1.54, 1.807) is 0 Å². The van der Waals surface area contributed by atoms with Crippen LogP contribution in [0, 0.1) is 0 Å². The van der Waals surface area contributed by atoms with E-state index in [0.717, 1.165) is 0 Å². The van der Waals surface area contributed by atoms with Crippen LogP contribution in [0.25, 0.3) is 0 Å². The second-order valence-electron chi connectivity index (χ2n) is 5.05. The topological polar surface area (TPSA) is 15.3 Å². The molecular weight excluding hydrogens is 208 g/mol. The number of fused-ring (bicyclic) bond motifs is 1. The Hall–Kier alpha value is -1.02. The molecule has 1 heterocycles. The van der Waals surface area contributed by atoms with E-state index in [1.165, 1.54) is 50.0 Å². The molecule has 0 bridgehead atoms. The molecule has 1 aliphatic heterocycles. The smallest absolute Gasteiger partial charge is 0.0399 e. The summed E-state index contributed by atoms with van der Waals surface area (Å²) in [5, 5.41) is 3.30. The first-order valence-electron chi connectivity index (χ1n) is 6.81. The number of benzene rings is 1. The molecule has 0 fully saturated rings. The van der Waals surface area contributed by atoms with Gasteiger partial charge in [-0.1, -0.05) is 24.6 Å². The number of rotatable bonds is 6. The maximum Gasteiger partial charge on any atom is 0.0399 e. The highest BCUT2D eigenvalue weighted by atomic mass is 15.1. The van der Waals surface area contributed by atoms with Gasteiger partial charge in [-0.25, -0.2) is 0 Å². The van der Waals surface area contributed by atoms with E-state index in [1.807, 2.05) is 7.05 Å². The van der Waals surface area contributed by atoms with Gasteiger partial charge in [-0.05, 0) is 44.9 Å². The molecule has 1 unspecified atom stereocenters. The van der Waals surface area contributed by atoms with Crippen LogP contribution in [0.5, 0.6) is 0 Å². The Bertz CT molecular complexity index is 349. The molecule has 0 aromatic heterocycles. The van der Waals surface area contributed by atoms with Crippen molar-refractivity contribution in [1.29, 1.82) is 0 Å². The minimum Gasteiger partial charge on any atom is -0.371 e. The van der Waals surface area contributed by atoms with Crippen LogP contribution in [0.4, 0.5) is 5.69 Å². The molecule has 2 rings (SSSR count). The summed E-state index contributed by atoms with van der Waals surface area (Å²) in [6.07, 6.45) is 5.14. The van der Waals surface area contributed by atoms with E-state index < -0.39 is 0 Å². The highest BCUT2D eigenvalue weighted by Crippen LogP contribution is 2.27. The maximum absolute atomic E-state index is 3.30. The number of para-hydroxylation sites is 1. The van der Waals surface area contributed by atoms with E-state index in [9.17, 15) is 0 Å². The zero-order valence-electron chi connectivity index (χ0n) is 11.1. The van der Waals surface area contributed by atoms with Gasteiger partial charge in [0.1, 0.15) is 0 Å². The maximum atomic E-state index is 3.30. The molecule has 1 aliphatic rings. The molecule has 0 saturated heterocycles. The molecule has 1 N–H and O–H groups in total. The molecule has 17 heavy (non-hydrogen) atoms. The van der Waals surface area contributed by atoms with Crippen LogP contribution in [0.15, 0.2) is 24.3 Å². The zero-order chi connectivity index (χ0) is 12.1. The fourth-order valence-corrected chi connectivity index (χ4v) is 2.54. The zero-order valence-corrected chi connectivity index (χ0v) is 11.1. The average molecular weight is 232 g/mol. The lowest BCUT2D eigenvalue weighted by Crippen LogP contribution is -2.23. The Morgan fingerprint density at radius 3 is 2.94 bits per heavy atom. The lowest BCUT2D eigenvalue weighted by Gasteiger charge is -2.19. The third kappa shape index (κ3) is 3.22. The minimum absolute atomic E-state index is 0.654. The van der Waals surface area contributed by atoms with E-state index in [-0.39, 0.29) is 0 Å². The van der Waals surface area contributed by atoms with Crippen LogP contribution in [-0.4, -0.2) is 26.2 Å². The van der Waals surface area contributed by atoms with Crippen molar-refractivity contribution in [2.75, 3.05) is 25.0 Å². The van der Waals surface area contributed by atoms with Crippen LogP contribution in [0.1, 0.15) is 31.7 Å². The van der Waals surface area contributed by atoms with Crippen molar-refractivity contribution in [2.24, 2.45) is 0 Å². The van der Waals surface area contributed by atoms with Gasteiger partial charge in [0.2, 0.25) is 0 Å². The van der Waals surface area contributed by atoms with Crippen molar-refractivity contribution in [2.45, 2.75) is 38.6 Å². The van der Waals surface area contributed by atoms with Crippen LogP contribution in [0.3, 0.4) is 0 Å². The van der Waals surface area contributed by atoms with Gasteiger partial charge in [0.25, 0.3) is 0 Å². The summed E-state index contributed by atoms with van der Waals surface area (Å²) in [6.45, 7) is 4.68. The Kier molecular flexibility index (Phi) is 4.43. The highest BCUT2D eigenvalue weighted by Gasteiger charge is 2.17. The van der Waals surface area contributed by atoms with E-state index in [0.29, 0.717) is 6.04 Å². The predicted molar refractivity (Wildman–Crippen MR) is 74.7 cm³/mol. The quantitative estimate of drug-likeness (QED) is 0.759. The summed E-state index contributed by atoms with van der Waals surface area (Å²) in [5.74, 6) is 0. The number of nitrogens with zero attached hydrogens (tertiary/aromatic N) is 1. The molecule has 0 aliphatic carbocycles. The number of anilines is 1. The van der Waals surface area contributed by atoms with Crippen molar-refractivity contribution >= 4 is 5.69 Å². The average Bonchev–Trinajstić information content (AvgIpc) is 2.78. The monoisotopic (exact) mass is 232 g/mol. The minimum atomic E-state index is 0.654. The Morgan fingerprint density at radius 1 is 1.29 bits per heavy atom. The largest absolute Gasteiger partial charge is 0.371 e. The first-order chi connectivity index (χ1) is 8.31. The predicted octanol–water partition coefficient (Wildman–Crippen LogP) is 2.83. The molecular formula is C15H24N2. The normalized spacial score (nSPS) is 16.0. The van der Waals surface area contributed by atoms with Gasteiger partial charge in [0.05, 0.1) is 0 Å². The van der Waals surface area contributed by atoms with E-state index in [4.69, 9.17) is 0 Å². The number of nitrogens with one attached hydrogen (secondary N) is 1. The first kappa shape index (κ1) is 12.4. The number of hydrogen-bond donors (Lipinski definition) is 1. The van der Waals surface area contributed by atoms with Gasteiger partial charge >= 0.3 is 0 Å². The molecule has 1 atom stereocenters. The molecule has 1 aromatic rings. The van der Waals surface area contributed by atoms with Crippen LogP contribution >= 0.6 is 0 Å². The van der Waals surface area contributed by atoms with Crippen molar-refractivity contribution in [3.05, 3.63) is 29.8 Å². The second kappa shape index (κ2) is 6.06. The highest BCUT2D eigenvalue weighted by molar-refractivity contribution is 5.57. The van der Waals surface area contributed by atoms with Crippen molar-refractivity contribution in [3.8, 4) is 0 Å². The first-order valence-corrected chi connectivity index (χ1v) is 6.81. The number of hydrogen-bond acceptors (Lipinski definition) is 2. The fourth-order valence-electron chi connectivity index (χ4n) is 2.54. The Balaban J connectivity index is 1.75. The summed E-state index contributed by atoms with van der Waals surface area (Å²) in [6, 6.07) is 9.48. The van der Waals surface area contributed by atoms with Crippen molar-refractivity contribution < 1.29 is 0 Å². The molecule has 0 saturated carbocycles. The van der Waals surface area contributed by atoms with Gasteiger partial charge in [-0.2, -0.15) is 0 Å². The Labute approximate surface area is 105 Å². The van der Waals surface area contributed by atoms with E-state index in [2.05, 4.69) is 41.4 Å². The molecule has 94 valence electrons. The lowest BCUT2D eigenvalue weighted by molar-refractivity contribution is 0.527. The van der Waals surface area contributed by atoms with Gasteiger partial charge < -0.3 is 10.2 Å². The van der Waals surface area contributed by atoms with Crippen LogP contribution < -0.4 is 10.2 Å². The molecule has 0 spiro atoms. The van der Waals surface area contributed by atoms with Crippen molar-refractivity contribution in [3.63, 3.8) is 0 Å². The van der Waals surface area contributed by atoms with Crippen LogP contribution in [-0.2, 0) is 6.42 Å². The summed E-state index contributed by atoms with van der Waals surface area (Å²) >= 11 is 0. The summed E-state index contributed by atoms with van der Waals surface area (Å²) in [4.78, 5) is 2.54. The molecule has 2 nitrogen and oxygen atoms in total. The van der Waals surface area contributed by atoms with Gasteiger partial charge in [0.15, 0.2) is 0 Å². The Morgan fingerprint density at radius 2 is 2.12 bits per heavy atom. The number of unbranched alkanes of at least 4 members (excludes halogenated alkanes) is 1. The summed E-state index contributed by atoms with van der Waals surface area (Å²) in [7, 11) is 2.04. The SMILES string of the molecule is CNC(C)CCCCN1CCc2ccccc21. The van der Waals surface area contributed by atoms with Gasteiger partial charge in [0, 0.05) is 24.8 Å². The van der Waals surface area contributed by atoms with Gasteiger partial charge in [-0.3, -0.25) is 0 Å².